The Balaban J connectivity index is 2.03. The normalized spacial score (nSPS) is 37.1. The topological polar surface area (TPSA) is 29.3 Å². The average molecular weight is 224 g/mol. The number of hydrogen-bond donors (Lipinski definition) is 1. The molecule has 2 nitrogen and oxygen atoms in total. The lowest BCUT2D eigenvalue weighted by molar-refractivity contribution is 0.0766. The highest BCUT2D eigenvalue weighted by molar-refractivity contribution is 4.91. The molecule has 2 fully saturated rings. The van der Waals surface area contributed by atoms with Crippen molar-refractivity contribution in [1.29, 1.82) is 0 Å². The van der Waals surface area contributed by atoms with Gasteiger partial charge in [-0.25, -0.2) is 0 Å². The van der Waals surface area contributed by atoms with Crippen molar-refractivity contribution < 1.29 is 0 Å². The van der Waals surface area contributed by atoms with Crippen molar-refractivity contribution in [3.05, 3.63) is 0 Å². The lowest BCUT2D eigenvalue weighted by atomic mass is 9.82. The van der Waals surface area contributed by atoms with E-state index in [0.29, 0.717) is 0 Å². The van der Waals surface area contributed by atoms with E-state index in [-0.39, 0.29) is 0 Å². The largest absolute Gasteiger partial charge is 0.330 e. The quantitative estimate of drug-likeness (QED) is 0.798. The molecule has 2 aliphatic rings. The summed E-state index contributed by atoms with van der Waals surface area (Å²) in [6.07, 6.45) is 8.39. The van der Waals surface area contributed by atoms with Crippen LogP contribution >= 0.6 is 0 Å². The van der Waals surface area contributed by atoms with E-state index in [1.807, 2.05) is 0 Å². The molecule has 2 N–H and O–H groups in total. The van der Waals surface area contributed by atoms with Crippen LogP contribution in [0, 0.1) is 11.8 Å². The molecule has 94 valence electrons. The van der Waals surface area contributed by atoms with Gasteiger partial charge in [-0.05, 0) is 50.6 Å². The van der Waals surface area contributed by atoms with Crippen LogP contribution in [0.4, 0.5) is 0 Å². The minimum Gasteiger partial charge on any atom is -0.330 e. The van der Waals surface area contributed by atoms with Crippen LogP contribution in [0.1, 0.15) is 52.4 Å². The Kier molecular flexibility index (Phi) is 4.26. The smallest absolute Gasteiger partial charge is 0.0139 e. The van der Waals surface area contributed by atoms with E-state index in [1.165, 1.54) is 45.1 Å². The Morgan fingerprint density at radius 2 is 1.88 bits per heavy atom. The van der Waals surface area contributed by atoms with Crippen molar-refractivity contribution in [2.75, 3.05) is 13.1 Å². The lowest BCUT2D eigenvalue weighted by Crippen LogP contribution is -2.48. The second-order valence-electron chi connectivity index (χ2n) is 6.04. The Bertz CT molecular complexity index is 215. The number of likely N-dealkylation sites (tertiary alicyclic amines) is 1. The zero-order chi connectivity index (χ0) is 11.5. The Labute approximate surface area is 101 Å². The summed E-state index contributed by atoms with van der Waals surface area (Å²) in [7, 11) is 0. The molecule has 0 aromatic carbocycles. The summed E-state index contributed by atoms with van der Waals surface area (Å²) >= 11 is 0. The first-order valence-electron chi connectivity index (χ1n) is 7.20. The molecule has 2 heteroatoms. The van der Waals surface area contributed by atoms with Crippen molar-refractivity contribution in [3.63, 3.8) is 0 Å². The van der Waals surface area contributed by atoms with E-state index in [9.17, 15) is 0 Å². The van der Waals surface area contributed by atoms with Gasteiger partial charge in [-0.3, -0.25) is 4.90 Å². The molecule has 1 aliphatic carbocycles. The first-order valence-corrected chi connectivity index (χ1v) is 7.20. The number of nitrogens with two attached hydrogens (primary N) is 1. The molecule has 0 aromatic heterocycles. The van der Waals surface area contributed by atoms with Crippen molar-refractivity contribution in [3.8, 4) is 0 Å². The standard InChI is InChI=1S/C14H28N2/c1-11(2)13-8-5-9-16(13)14-7-4-3-6-12(14)10-15/h11-14H,3-10,15H2,1-2H3. The fourth-order valence-corrected chi connectivity index (χ4v) is 3.84. The highest BCUT2D eigenvalue weighted by Gasteiger charge is 2.36. The van der Waals surface area contributed by atoms with Crippen LogP contribution in [0.3, 0.4) is 0 Å². The second kappa shape index (κ2) is 5.50. The van der Waals surface area contributed by atoms with Crippen LogP contribution in [0.2, 0.25) is 0 Å². The van der Waals surface area contributed by atoms with Crippen molar-refractivity contribution >= 4 is 0 Å². The van der Waals surface area contributed by atoms with Gasteiger partial charge < -0.3 is 5.73 Å². The summed E-state index contributed by atoms with van der Waals surface area (Å²) in [4.78, 5) is 2.81. The van der Waals surface area contributed by atoms with Crippen molar-refractivity contribution in [1.82, 2.24) is 4.90 Å². The monoisotopic (exact) mass is 224 g/mol. The minimum absolute atomic E-state index is 0.771. The average Bonchev–Trinajstić information content (AvgIpc) is 2.77. The van der Waals surface area contributed by atoms with E-state index in [0.717, 1.165) is 30.5 Å². The molecule has 0 amide bonds. The van der Waals surface area contributed by atoms with Crippen LogP contribution in [0.5, 0.6) is 0 Å². The summed E-state index contributed by atoms with van der Waals surface area (Å²) in [6.45, 7) is 6.97. The fourth-order valence-electron chi connectivity index (χ4n) is 3.84. The molecule has 0 aromatic rings. The van der Waals surface area contributed by atoms with Crippen LogP contribution in [-0.4, -0.2) is 30.1 Å². The van der Waals surface area contributed by atoms with Gasteiger partial charge >= 0.3 is 0 Å². The highest BCUT2D eigenvalue weighted by atomic mass is 15.2. The van der Waals surface area contributed by atoms with Gasteiger partial charge in [0.2, 0.25) is 0 Å². The zero-order valence-electron chi connectivity index (χ0n) is 11.0. The summed E-state index contributed by atoms with van der Waals surface area (Å²) in [5.74, 6) is 1.58. The first-order chi connectivity index (χ1) is 7.74. The molecule has 0 spiro atoms. The van der Waals surface area contributed by atoms with Crippen LogP contribution in [0.25, 0.3) is 0 Å². The van der Waals surface area contributed by atoms with E-state index in [2.05, 4.69) is 18.7 Å². The van der Waals surface area contributed by atoms with E-state index >= 15 is 0 Å². The molecule has 1 aliphatic heterocycles. The summed E-state index contributed by atoms with van der Waals surface area (Å²) in [6, 6.07) is 1.63. The van der Waals surface area contributed by atoms with Gasteiger partial charge in [-0.2, -0.15) is 0 Å². The highest BCUT2D eigenvalue weighted by Crippen LogP contribution is 2.34. The van der Waals surface area contributed by atoms with Crippen molar-refractivity contribution in [2.24, 2.45) is 17.6 Å². The molecule has 16 heavy (non-hydrogen) atoms. The van der Waals surface area contributed by atoms with Gasteiger partial charge in [-0.15, -0.1) is 0 Å². The predicted octanol–water partition coefficient (Wildman–Crippen LogP) is 2.62. The van der Waals surface area contributed by atoms with Gasteiger partial charge in [0.25, 0.3) is 0 Å². The molecule has 3 unspecified atom stereocenters. The zero-order valence-corrected chi connectivity index (χ0v) is 11.0. The molecule has 0 bridgehead atoms. The summed E-state index contributed by atoms with van der Waals surface area (Å²) < 4.78 is 0. The minimum atomic E-state index is 0.771. The lowest BCUT2D eigenvalue weighted by Gasteiger charge is -2.42. The Morgan fingerprint density at radius 3 is 2.56 bits per heavy atom. The molecular formula is C14H28N2. The third kappa shape index (κ3) is 2.43. The van der Waals surface area contributed by atoms with Crippen molar-refractivity contribution in [2.45, 2.75) is 64.5 Å². The third-order valence-electron chi connectivity index (χ3n) is 4.71. The van der Waals surface area contributed by atoms with Gasteiger partial charge in [-0.1, -0.05) is 26.7 Å². The van der Waals surface area contributed by atoms with Gasteiger partial charge in [0.15, 0.2) is 0 Å². The molecular weight excluding hydrogens is 196 g/mol. The van der Waals surface area contributed by atoms with Crippen LogP contribution in [0.15, 0.2) is 0 Å². The molecule has 1 saturated heterocycles. The maximum atomic E-state index is 5.96. The maximum Gasteiger partial charge on any atom is 0.0139 e. The number of hydrogen-bond acceptors (Lipinski definition) is 2. The molecule has 2 rings (SSSR count). The van der Waals surface area contributed by atoms with E-state index in [4.69, 9.17) is 5.73 Å². The number of rotatable bonds is 3. The Morgan fingerprint density at radius 1 is 1.12 bits per heavy atom. The SMILES string of the molecule is CC(C)C1CCCN1C1CCCCC1CN. The van der Waals surface area contributed by atoms with E-state index in [1.54, 1.807) is 0 Å². The van der Waals surface area contributed by atoms with E-state index < -0.39 is 0 Å². The molecule has 1 saturated carbocycles. The maximum absolute atomic E-state index is 5.96. The summed E-state index contributed by atoms with van der Waals surface area (Å²) in [5, 5.41) is 0. The van der Waals surface area contributed by atoms with Crippen LogP contribution in [-0.2, 0) is 0 Å². The third-order valence-corrected chi connectivity index (χ3v) is 4.71. The Hall–Kier alpha value is -0.0800. The predicted molar refractivity (Wildman–Crippen MR) is 69.4 cm³/mol. The van der Waals surface area contributed by atoms with Gasteiger partial charge in [0, 0.05) is 12.1 Å². The van der Waals surface area contributed by atoms with Gasteiger partial charge in [0.05, 0.1) is 0 Å². The molecule has 3 atom stereocenters. The molecule has 0 radical (unpaired) electrons. The van der Waals surface area contributed by atoms with Gasteiger partial charge in [0.1, 0.15) is 0 Å². The molecule has 1 heterocycles. The van der Waals surface area contributed by atoms with Crippen LogP contribution < -0.4 is 5.73 Å². The first kappa shape index (κ1) is 12.4. The number of nitrogens with zero attached hydrogens (tertiary/aromatic N) is 1. The fraction of sp³-hybridized carbons (Fsp3) is 1.00. The summed E-state index contributed by atoms with van der Waals surface area (Å²) in [5.41, 5.74) is 5.96. The second-order valence-corrected chi connectivity index (χ2v) is 6.04.